The zero-order valence-electron chi connectivity index (χ0n) is 7.82. The van der Waals surface area contributed by atoms with Crippen molar-refractivity contribution in [2.75, 3.05) is 14.1 Å². The minimum atomic E-state index is 0. The molecule has 0 amide bonds. The molecule has 0 spiro atoms. The lowest BCUT2D eigenvalue weighted by Crippen LogP contribution is -2.46. The molecule has 2 atom stereocenters. The van der Waals surface area contributed by atoms with Gasteiger partial charge in [-0.2, -0.15) is 0 Å². The predicted molar refractivity (Wildman–Crippen MR) is 58.4 cm³/mol. The number of rotatable bonds is 1. The first-order chi connectivity index (χ1) is 4.72. The normalized spacial score (nSPS) is 29.0. The van der Waals surface area contributed by atoms with Gasteiger partial charge in [-0.15, -0.1) is 24.8 Å². The molecule has 0 aromatic carbocycles. The number of likely N-dealkylation sites (N-methyl/N-ethyl adjacent to an activating group) is 1. The van der Waals surface area contributed by atoms with Crippen molar-refractivity contribution >= 4 is 24.8 Å². The van der Waals surface area contributed by atoms with Gasteiger partial charge in [-0.3, -0.25) is 0 Å². The third-order valence-corrected chi connectivity index (χ3v) is 2.44. The number of hydrogen-bond acceptors (Lipinski definition) is 2. The summed E-state index contributed by atoms with van der Waals surface area (Å²) < 4.78 is 0. The first-order valence-electron chi connectivity index (χ1n) is 4.14. The monoisotopic (exact) mass is 214 g/mol. The summed E-state index contributed by atoms with van der Waals surface area (Å²) in [5.74, 6) is 0. The summed E-state index contributed by atoms with van der Waals surface area (Å²) in [5, 5.41) is 0. The Hall–Kier alpha value is 0.500. The Labute approximate surface area is 87.7 Å². The van der Waals surface area contributed by atoms with E-state index in [1.165, 1.54) is 25.7 Å². The van der Waals surface area contributed by atoms with Crippen LogP contribution in [0.5, 0.6) is 0 Å². The molecule has 0 aromatic heterocycles. The average Bonchev–Trinajstić information content (AvgIpc) is 1.88. The van der Waals surface area contributed by atoms with E-state index in [1.54, 1.807) is 0 Å². The first kappa shape index (κ1) is 15.0. The van der Waals surface area contributed by atoms with Crippen molar-refractivity contribution in [3.8, 4) is 0 Å². The quantitative estimate of drug-likeness (QED) is 0.720. The highest BCUT2D eigenvalue weighted by Gasteiger charge is 2.22. The van der Waals surface area contributed by atoms with E-state index in [2.05, 4.69) is 19.0 Å². The maximum atomic E-state index is 5.94. The molecule has 4 heteroatoms. The lowest BCUT2D eigenvalue weighted by Gasteiger charge is -2.33. The van der Waals surface area contributed by atoms with Crippen LogP contribution in [-0.4, -0.2) is 31.1 Å². The van der Waals surface area contributed by atoms with Gasteiger partial charge < -0.3 is 10.6 Å². The molecule has 1 aliphatic carbocycles. The van der Waals surface area contributed by atoms with Crippen LogP contribution in [0.25, 0.3) is 0 Å². The summed E-state index contributed by atoms with van der Waals surface area (Å²) in [6.07, 6.45) is 5.18. The molecule has 0 radical (unpaired) electrons. The largest absolute Gasteiger partial charge is 0.326 e. The highest BCUT2D eigenvalue weighted by molar-refractivity contribution is 5.85. The Morgan fingerprint density at radius 2 is 1.58 bits per heavy atom. The molecule has 0 saturated heterocycles. The molecule has 1 aliphatic rings. The molecule has 0 bridgehead atoms. The molecule has 1 rings (SSSR count). The minimum Gasteiger partial charge on any atom is -0.326 e. The fraction of sp³-hybridized carbons (Fsp3) is 1.00. The third kappa shape index (κ3) is 3.94. The van der Waals surface area contributed by atoms with E-state index in [9.17, 15) is 0 Å². The van der Waals surface area contributed by atoms with Crippen LogP contribution >= 0.6 is 24.8 Å². The first-order valence-corrected chi connectivity index (χ1v) is 4.14. The van der Waals surface area contributed by atoms with Gasteiger partial charge >= 0.3 is 0 Å². The zero-order chi connectivity index (χ0) is 7.56. The molecule has 1 fully saturated rings. The maximum absolute atomic E-state index is 5.94. The van der Waals surface area contributed by atoms with E-state index in [1.807, 2.05) is 0 Å². The van der Waals surface area contributed by atoms with E-state index in [0.29, 0.717) is 12.1 Å². The van der Waals surface area contributed by atoms with Crippen molar-refractivity contribution in [1.82, 2.24) is 4.90 Å². The van der Waals surface area contributed by atoms with Gasteiger partial charge in [0, 0.05) is 12.1 Å². The van der Waals surface area contributed by atoms with E-state index < -0.39 is 0 Å². The molecule has 2 nitrogen and oxygen atoms in total. The molecule has 2 N–H and O–H groups in total. The number of nitrogens with two attached hydrogens (primary N) is 1. The van der Waals surface area contributed by atoms with Crippen molar-refractivity contribution in [1.29, 1.82) is 0 Å². The van der Waals surface area contributed by atoms with Gasteiger partial charge in [0.25, 0.3) is 0 Å². The summed E-state index contributed by atoms with van der Waals surface area (Å²) in [4.78, 5) is 2.25. The second-order valence-electron chi connectivity index (χ2n) is 3.48. The highest BCUT2D eigenvalue weighted by atomic mass is 35.5. The summed E-state index contributed by atoms with van der Waals surface area (Å²) in [6.45, 7) is 0. The van der Waals surface area contributed by atoms with Crippen LogP contribution in [0, 0.1) is 0 Å². The van der Waals surface area contributed by atoms with Gasteiger partial charge in [-0.25, -0.2) is 0 Å². The summed E-state index contributed by atoms with van der Waals surface area (Å²) >= 11 is 0. The lowest BCUT2D eigenvalue weighted by molar-refractivity contribution is 0.201. The minimum absolute atomic E-state index is 0. The molecule has 0 aliphatic heterocycles. The van der Waals surface area contributed by atoms with Gasteiger partial charge in [0.2, 0.25) is 0 Å². The van der Waals surface area contributed by atoms with E-state index in [0.717, 1.165) is 0 Å². The van der Waals surface area contributed by atoms with Crippen LogP contribution in [0.2, 0.25) is 0 Å². The molecular weight excluding hydrogens is 195 g/mol. The van der Waals surface area contributed by atoms with Crippen molar-refractivity contribution < 1.29 is 0 Å². The lowest BCUT2D eigenvalue weighted by atomic mass is 9.90. The molecule has 0 heterocycles. The Bertz CT molecular complexity index is 109. The van der Waals surface area contributed by atoms with Gasteiger partial charge in [0.15, 0.2) is 0 Å². The van der Waals surface area contributed by atoms with Crippen LogP contribution in [0.1, 0.15) is 25.7 Å². The Kier molecular flexibility index (Phi) is 8.69. The summed E-state index contributed by atoms with van der Waals surface area (Å²) in [6, 6.07) is 1.05. The average molecular weight is 215 g/mol. The molecule has 1 saturated carbocycles. The van der Waals surface area contributed by atoms with Gasteiger partial charge in [0.1, 0.15) is 0 Å². The van der Waals surface area contributed by atoms with Crippen LogP contribution in [0.15, 0.2) is 0 Å². The third-order valence-electron chi connectivity index (χ3n) is 2.44. The van der Waals surface area contributed by atoms with Gasteiger partial charge in [-0.1, -0.05) is 12.8 Å². The maximum Gasteiger partial charge on any atom is 0.0241 e. The zero-order valence-corrected chi connectivity index (χ0v) is 9.46. The Morgan fingerprint density at radius 1 is 1.08 bits per heavy atom. The smallest absolute Gasteiger partial charge is 0.0241 e. The number of halogens is 2. The number of nitrogens with zero attached hydrogens (tertiary/aromatic N) is 1. The Morgan fingerprint density at radius 3 is 1.92 bits per heavy atom. The van der Waals surface area contributed by atoms with E-state index in [4.69, 9.17) is 5.73 Å². The van der Waals surface area contributed by atoms with Crippen molar-refractivity contribution in [3.63, 3.8) is 0 Å². The fourth-order valence-electron chi connectivity index (χ4n) is 1.78. The molecule has 0 aromatic rings. The van der Waals surface area contributed by atoms with Crippen LogP contribution in [-0.2, 0) is 0 Å². The topological polar surface area (TPSA) is 29.3 Å². The second kappa shape index (κ2) is 6.96. The van der Waals surface area contributed by atoms with Gasteiger partial charge in [-0.05, 0) is 26.9 Å². The SMILES string of the molecule is CN(C)[C@H]1CCCC[C@@H]1N.Cl.Cl. The van der Waals surface area contributed by atoms with Gasteiger partial charge in [0.05, 0.1) is 0 Å². The highest BCUT2D eigenvalue weighted by Crippen LogP contribution is 2.19. The van der Waals surface area contributed by atoms with Crippen LogP contribution in [0.3, 0.4) is 0 Å². The van der Waals surface area contributed by atoms with Crippen molar-refractivity contribution in [3.05, 3.63) is 0 Å². The number of hydrogen-bond donors (Lipinski definition) is 1. The fourth-order valence-corrected chi connectivity index (χ4v) is 1.78. The molecule has 76 valence electrons. The van der Waals surface area contributed by atoms with E-state index in [-0.39, 0.29) is 24.8 Å². The van der Waals surface area contributed by atoms with Crippen LogP contribution in [0.4, 0.5) is 0 Å². The van der Waals surface area contributed by atoms with E-state index >= 15 is 0 Å². The van der Waals surface area contributed by atoms with Crippen LogP contribution < -0.4 is 5.73 Å². The summed E-state index contributed by atoms with van der Waals surface area (Å²) in [7, 11) is 4.24. The molecule has 12 heavy (non-hydrogen) atoms. The summed E-state index contributed by atoms with van der Waals surface area (Å²) in [5.41, 5.74) is 5.94. The predicted octanol–water partition coefficient (Wildman–Crippen LogP) is 1.66. The molecular formula is C8H20Cl2N2. The Balaban J connectivity index is 0. The molecule has 0 unspecified atom stereocenters. The second-order valence-corrected chi connectivity index (χ2v) is 3.48. The van der Waals surface area contributed by atoms with Crippen molar-refractivity contribution in [2.45, 2.75) is 37.8 Å². The van der Waals surface area contributed by atoms with Crippen molar-refractivity contribution in [2.24, 2.45) is 5.73 Å². The standard InChI is InChI=1S/C8H18N2.2ClH/c1-10(2)8-6-4-3-5-7(8)9;;/h7-8H,3-6,9H2,1-2H3;2*1H/t7-,8-;;/m0../s1.